The number of hydrogen-bond acceptors (Lipinski definition) is 4. The highest BCUT2D eigenvalue weighted by Crippen LogP contribution is 2.47. The van der Waals surface area contributed by atoms with Gasteiger partial charge in [0.2, 0.25) is 0 Å². The first-order chi connectivity index (χ1) is 13.7. The quantitative estimate of drug-likeness (QED) is 0.596. The molecule has 4 heteroatoms. The minimum Gasteiger partial charge on any atom is -0.345 e. The van der Waals surface area contributed by atoms with Gasteiger partial charge in [-0.1, -0.05) is 72.0 Å². The van der Waals surface area contributed by atoms with Crippen LogP contribution in [0.4, 0.5) is 11.4 Å². The van der Waals surface area contributed by atoms with Gasteiger partial charge in [0.05, 0.1) is 5.69 Å². The van der Waals surface area contributed by atoms with Crippen molar-refractivity contribution < 1.29 is 0 Å². The first-order valence-corrected chi connectivity index (χ1v) is 9.59. The normalized spacial score (nSPS) is 23.1. The average Bonchev–Trinajstić information content (AvgIpc) is 3.09. The Kier molecular flexibility index (Phi) is 3.79. The van der Waals surface area contributed by atoms with Crippen molar-refractivity contribution in [2.45, 2.75) is 18.6 Å². The minimum absolute atomic E-state index is 0.0234. The standard InChI is InChI=1S/C24H22N4/c1-18-24(28(26-25-18)20-13-7-4-8-14-20)17-22(19-11-5-3-6-12-19)21-15-9-10-16-23(21)27(24)2/h3-18H,1-2H3/t18-,24+/m0/s1. The Morgan fingerprint density at radius 2 is 1.46 bits per heavy atom. The fraction of sp³-hybridized carbons (Fsp3) is 0.167. The van der Waals surface area contributed by atoms with Crippen LogP contribution in [0.1, 0.15) is 18.1 Å². The molecule has 0 unspecified atom stereocenters. The molecule has 1 spiro atoms. The van der Waals surface area contributed by atoms with Crippen LogP contribution in [0.25, 0.3) is 5.57 Å². The largest absolute Gasteiger partial charge is 0.345 e. The van der Waals surface area contributed by atoms with Crippen LogP contribution in [-0.4, -0.2) is 18.8 Å². The van der Waals surface area contributed by atoms with E-state index in [9.17, 15) is 0 Å². The van der Waals surface area contributed by atoms with Crippen LogP contribution in [0.2, 0.25) is 0 Å². The van der Waals surface area contributed by atoms with Gasteiger partial charge in [-0.25, -0.2) is 5.01 Å². The second-order valence-electron chi connectivity index (χ2n) is 7.31. The zero-order chi connectivity index (χ0) is 19.1. The van der Waals surface area contributed by atoms with E-state index < -0.39 is 5.66 Å². The molecule has 2 aliphatic heterocycles. The molecular formula is C24H22N4. The van der Waals surface area contributed by atoms with E-state index in [1.165, 1.54) is 22.4 Å². The lowest BCUT2D eigenvalue weighted by molar-refractivity contribution is 0.452. The number of nitrogens with zero attached hydrogens (tertiary/aromatic N) is 4. The van der Waals surface area contributed by atoms with E-state index in [0.717, 1.165) is 5.69 Å². The van der Waals surface area contributed by atoms with E-state index in [1.807, 2.05) is 18.2 Å². The van der Waals surface area contributed by atoms with Crippen LogP contribution in [0.15, 0.2) is 101 Å². The molecule has 0 radical (unpaired) electrons. The third-order valence-electron chi connectivity index (χ3n) is 5.80. The number of anilines is 2. The van der Waals surface area contributed by atoms with Gasteiger partial charge < -0.3 is 4.90 Å². The summed E-state index contributed by atoms with van der Waals surface area (Å²) in [6.07, 6.45) is 2.34. The van der Waals surface area contributed by atoms with Gasteiger partial charge in [0, 0.05) is 18.3 Å². The van der Waals surface area contributed by atoms with Crippen molar-refractivity contribution in [2.24, 2.45) is 10.3 Å². The van der Waals surface area contributed by atoms with Crippen LogP contribution in [0.3, 0.4) is 0 Å². The van der Waals surface area contributed by atoms with Crippen LogP contribution < -0.4 is 9.91 Å². The predicted octanol–water partition coefficient (Wildman–Crippen LogP) is 5.54. The maximum atomic E-state index is 4.59. The second kappa shape index (κ2) is 6.34. The Morgan fingerprint density at radius 3 is 2.21 bits per heavy atom. The van der Waals surface area contributed by atoms with Gasteiger partial charge in [0.1, 0.15) is 6.04 Å². The molecule has 0 aliphatic carbocycles. The SMILES string of the molecule is C[C@@H]1N=NN(c2ccccc2)[C@]12C=C(c1ccccc1)c1ccccc1N2C. The van der Waals surface area contributed by atoms with Gasteiger partial charge in [-0.15, -0.1) is 0 Å². The molecule has 0 bridgehead atoms. The van der Waals surface area contributed by atoms with Crippen LogP contribution >= 0.6 is 0 Å². The summed E-state index contributed by atoms with van der Waals surface area (Å²) in [7, 11) is 2.14. The minimum atomic E-state index is -0.499. The lowest BCUT2D eigenvalue weighted by Gasteiger charge is -2.48. The summed E-state index contributed by atoms with van der Waals surface area (Å²) in [6.45, 7) is 2.13. The van der Waals surface area contributed by atoms with Crippen LogP contribution in [0, 0.1) is 0 Å². The third-order valence-corrected chi connectivity index (χ3v) is 5.80. The molecule has 3 aromatic rings. The Bertz CT molecular complexity index is 1060. The van der Waals surface area contributed by atoms with Gasteiger partial charge in [0.25, 0.3) is 0 Å². The molecule has 5 rings (SSSR count). The van der Waals surface area contributed by atoms with E-state index in [2.05, 4.69) is 107 Å². The molecule has 2 atom stereocenters. The van der Waals surface area contributed by atoms with Crippen molar-refractivity contribution >= 4 is 16.9 Å². The fourth-order valence-corrected chi connectivity index (χ4v) is 4.32. The highest BCUT2D eigenvalue weighted by molar-refractivity contribution is 5.91. The Hall–Kier alpha value is -3.40. The molecule has 28 heavy (non-hydrogen) atoms. The summed E-state index contributed by atoms with van der Waals surface area (Å²) in [5.41, 5.74) is 5.37. The molecule has 0 N–H and O–H groups in total. The zero-order valence-corrected chi connectivity index (χ0v) is 16.0. The average molecular weight is 366 g/mol. The molecule has 0 saturated carbocycles. The molecule has 0 saturated heterocycles. The number of benzene rings is 3. The van der Waals surface area contributed by atoms with Crippen molar-refractivity contribution in [3.8, 4) is 0 Å². The first kappa shape index (κ1) is 16.8. The molecule has 4 nitrogen and oxygen atoms in total. The predicted molar refractivity (Wildman–Crippen MR) is 114 cm³/mol. The molecule has 0 aromatic heterocycles. The molecule has 2 heterocycles. The lowest BCUT2D eigenvalue weighted by Crippen LogP contribution is -2.61. The van der Waals surface area contributed by atoms with E-state index >= 15 is 0 Å². The molecular weight excluding hydrogens is 344 g/mol. The summed E-state index contributed by atoms with van der Waals surface area (Å²) in [5.74, 6) is 0. The smallest absolute Gasteiger partial charge is 0.180 e. The number of fused-ring (bicyclic) bond motifs is 1. The summed E-state index contributed by atoms with van der Waals surface area (Å²) >= 11 is 0. The Labute approximate surface area is 165 Å². The zero-order valence-electron chi connectivity index (χ0n) is 16.0. The second-order valence-corrected chi connectivity index (χ2v) is 7.31. The van der Waals surface area contributed by atoms with Gasteiger partial charge in [-0.3, -0.25) is 0 Å². The van der Waals surface area contributed by atoms with Crippen molar-refractivity contribution in [2.75, 3.05) is 17.0 Å². The van der Waals surface area contributed by atoms with E-state index in [0.29, 0.717) is 0 Å². The van der Waals surface area contributed by atoms with Gasteiger partial charge in [-0.2, -0.15) is 5.11 Å². The Morgan fingerprint density at radius 1 is 0.821 bits per heavy atom. The fourth-order valence-electron chi connectivity index (χ4n) is 4.32. The molecule has 138 valence electrons. The highest BCUT2D eigenvalue weighted by Gasteiger charge is 2.51. The lowest BCUT2D eigenvalue weighted by atomic mass is 9.84. The van der Waals surface area contributed by atoms with Crippen molar-refractivity contribution in [1.82, 2.24) is 0 Å². The topological polar surface area (TPSA) is 31.2 Å². The van der Waals surface area contributed by atoms with E-state index in [4.69, 9.17) is 0 Å². The maximum absolute atomic E-state index is 4.59. The van der Waals surface area contributed by atoms with Crippen molar-refractivity contribution in [1.29, 1.82) is 0 Å². The summed E-state index contributed by atoms with van der Waals surface area (Å²) in [5, 5.41) is 11.2. The Balaban J connectivity index is 1.77. The molecule has 0 amide bonds. The van der Waals surface area contributed by atoms with Crippen molar-refractivity contribution in [3.63, 3.8) is 0 Å². The van der Waals surface area contributed by atoms with E-state index in [1.54, 1.807) is 0 Å². The number of likely N-dealkylation sites (N-methyl/N-ethyl adjacent to an activating group) is 1. The molecule has 0 fully saturated rings. The van der Waals surface area contributed by atoms with Gasteiger partial charge >= 0.3 is 0 Å². The van der Waals surface area contributed by atoms with Crippen molar-refractivity contribution in [3.05, 3.63) is 102 Å². The third kappa shape index (κ3) is 2.31. The van der Waals surface area contributed by atoms with Crippen LogP contribution in [0.5, 0.6) is 0 Å². The summed E-state index contributed by atoms with van der Waals surface area (Å²) < 4.78 is 0. The monoisotopic (exact) mass is 366 g/mol. The summed E-state index contributed by atoms with van der Waals surface area (Å²) in [6, 6.07) is 29.4. The number of hydrogen-bond donors (Lipinski definition) is 0. The first-order valence-electron chi connectivity index (χ1n) is 9.59. The number of para-hydroxylation sites is 2. The van der Waals surface area contributed by atoms with E-state index in [-0.39, 0.29) is 6.04 Å². The highest BCUT2D eigenvalue weighted by atomic mass is 15.7. The molecule has 2 aliphatic rings. The van der Waals surface area contributed by atoms with Crippen LogP contribution in [-0.2, 0) is 0 Å². The van der Waals surface area contributed by atoms with Gasteiger partial charge in [0.15, 0.2) is 5.66 Å². The van der Waals surface area contributed by atoms with Gasteiger partial charge in [-0.05, 0) is 42.3 Å². The maximum Gasteiger partial charge on any atom is 0.180 e. The molecule has 3 aromatic carbocycles. The number of rotatable bonds is 2. The summed E-state index contributed by atoms with van der Waals surface area (Å²) in [4.78, 5) is 2.31.